The lowest BCUT2D eigenvalue weighted by atomic mass is 9.95. The number of imidazole rings is 1. The smallest absolute Gasteiger partial charge is 0.253 e. The Morgan fingerprint density at radius 1 is 1.21 bits per heavy atom. The predicted octanol–water partition coefficient (Wildman–Crippen LogP) is 6.22. The van der Waals surface area contributed by atoms with Crippen molar-refractivity contribution in [1.29, 1.82) is 0 Å². The van der Waals surface area contributed by atoms with Gasteiger partial charge in [-0.05, 0) is 91.5 Å². The monoisotopic (exact) mass is 579 g/mol. The first kappa shape index (κ1) is 28.2. The van der Waals surface area contributed by atoms with E-state index in [1.165, 1.54) is 6.08 Å². The molecule has 220 valence electrons. The molecular formula is C34H34FN5O3. The zero-order chi connectivity index (χ0) is 30.0. The van der Waals surface area contributed by atoms with Crippen molar-refractivity contribution in [1.82, 2.24) is 19.4 Å². The van der Waals surface area contributed by atoms with Crippen molar-refractivity contribution in [2.24, 2.45) is 5.16 Å². The number of fused-ring (bicyclic) bond motifs is 1. The van der Waals surface area contributed by atoms with E-state index in [1.807, 2.05) is 60.2 Å². The summed E-state index contributed by atoms with van der Waals surface area (Å²) in [5.74, 6) is 1.08. The van der Waals surface area contributed by atoms with E-state index in [-0.39, 0.29) is 18.3 Å². The minimum absolute atomic E-state index is 0.117. The molecule has 9 heteroatoms. The second kappa shape index (κ2) is 11.8. The third kappa shape index (κ3) is 5.75. The minimum Gasteiger partial charge on any atom is -0.495 e. The fourth-order valence-corrected chi connectivity index (χ4v) is 5.77. The normalized spacial score (nSPS) is 21.3. The predicted molar refractivity (Wildman–Crippen MR) is 164 cm³/mol. The van der Waals surface area contributed by atoms with E-state index >= 15 is 0 Å². The molecule has 2 aromatic carbocycles. The molecule has 1 atom stereocenters. The second-order valence-corrected chi connectivity index (χ2v) is 11.0. The van der Waals surface area contributed by atoms with Crippen LogP contribution < -0.4 is 4.74 Å². The highest BCUT2D eigenvalue weighted by atomic mass is 19.1. The molecule has 2 aliphatic heterocycles. The lowest BCUT2D eigenvalue weighted by molar-refractivity contribution is -0.0728. The summed E-state index contributed by atoms with van der Waals surface area (Å²) in [6.07, 6.45) is 14.7. The average molecular weight is 580 g/mol. The Labute approximate surface area is 250 Å². The summed E-state index contributed by atoms with van der Waals surface area (Å²) in [5, 5.41) is 4.60. The Morgan fingerprint density at radius 2 is 2.05 bits per heavy atom. The number of carbonyl (C=O) groups excluding carboxylic acids is 1. The maximum atomic E-state index is 13.8. The number of ether oxygens (including phenoxy) is 1. The van der Waals surface area contributed by atoms with E-state index in [1.54, 1.807) is 49.7 Å². The summed E-state index contributed by atoms with van der Waals surface area (Å²) >= 11 is 0. The number of nitrogens with zero attached hydrogens (tertiary/aromatic N) is 5. The van der Waals surface area contributed by atoms with E-state index in [4.69, 9.17) is 9.57 Å². The van der Waals surface area contributed by atoms with Crippen molar-refractivity contribution >= 4 is 17.8 Å². The number of hydrogen-bond donors (Lipinski definition) is 0. The van der Waals surface area contributed by atoms with Crippen LogP contribution in [0.4, 0.5) is 4.39 Å². The van der Waals surface area contributed by atoms with Crippen LogP contribution in [0.3, 0.4) is 0 Å². The van der Waals surface area contributed by atoms with E-state index in [0.717, 1.165) is 52.5 Å². The molecule has 0 N–H and O–H groups in total. The molecule has 1 amide bonds. The molecule has 1 aliphatic carbocycles. The molecule has 1 fully saturated rings. The fourth-order valence-electron chi connectivity index (χ4n) is 5.77. The van der Waals surface area contributed by atoms with Crippen LogP contribution in [0.1, 0.15) is 40.9 Å². The molecule has 43 heavy (non-hydrogen) atoms. The largest absolute Gasteiger partial charge is 0.495 e. The molecule has 6 rings (SSSR count). The van der Waals surface area contributed by atoms with Crippen molar-refractivity contribution in [2.45, 2.75) is 31.9 Å². The van der Waals surface area contributed by atoms with Crippen LogP contribution in [0.5, 0.6) is 5.75 Å². The summed E-state index contributed by atoms with van der Waals surface area (Å²) in [6, 6.07) is 15.2. The molecule has 0 spiro atoms. The van der Waals surface area contributed by atoms with Crippen molar-refractivity contribution in [3.8, 4) is 11.4 Å². The number of rotatable bonds is 7. The van der Waals surface area contributed by atoms with E-state index in [2.05, 4.69) is 21.1 Å². The van der Waals surface area contributed by atoms with Crippen LogP contribution in [0.25, 0.3) is 11.8 Å². The molecule has 3 aliphatic rings. The number of aryl methyl sites for hydroxylation is 1. The highest BCUT2D eigenvalue weighted by Gasteiger charge is 2.48. The number of likely N-dealkylation sites (N-methyl/N-ethyl adjacent to an activating group) is 1. The van der Waals surface area contributed by atoms with Gasteiger partial charge in [0.25, 0.3) is 5.91 Å². The molecule has 3 heterocycles. The van der Waals surface area contributed by atoms with Crippen LogP contribution in [0, 0.1) is 6.92 Å². The van der Waals surface area contributed by atoms with Gasteiger partial charge in [-0.25, -0.2) is 9.37 Å². The third-order valence-electron chi connectivity index (χ3n) is 7.88. The summed E-state index contributed by atoms with van der Waals surface area (Å²) in [7, 11) is 3.43. The summed E-state index contributed by atoms with van der Waals surface area (Å²) < 4.78 is 21.5. The molecule has 8 nitrogen and oxygen atoms in total. The van der Waals surface area contributed by atoms with E-state index in [9.17, 15) is 9.18 Å². The first-order valence-electron chi connectivity index (χ1n) is 14.3. The van der Waals surface area contributed by atoms with Gasteiger partial charge >= 0.3 is 0 Å². The van der Waals surface area contributed by atoms with E-state index in [0.29, 0.717) is 18.5 Å². The van der Waals surface area contributed by atoms with Crippen molar-refractivity contribution < 1.29 is 18.8 Å². The fraction of sp³-hybridized carbons (Fsp3) is 0.265. The van der Waals surface area contributed by atoms with Crippen LogP contribution >= 0.6 is 0 Å². The number of amides is 1. The summed E-state index contributed by atoms with van der Waals surface area (Å²) in [6.45, 7) is 2.88. The number of halogens is 1. The Kier molecular flexibility index (Phi) is 7.71. The number of piperidine rings is 1. The number of benzene rings is 2. The molecule has 0 radical (unpaired) electrons. The zero-order valence-corrected chi connectivity index (χ0v) is 24.5. The van der Waals surface area contributed by atoms with Gasteiger partial charge in [-0.3, -0.25) is 4.79 Å². The molecule has 1 saturated heterocycles. The number of amidine groups is 1. The van der Waals surface area contributed by atoms with Crippen molar-refractivity contribution in [2.75, 3.05) is 27.2 Å². The Morgan fingerprint density at radius 3 is 2.77 bits per heavy atom. The van der Waals surface area contributed by atoms with Gasteiger partial charge in [-0.15, -0.1) is 0 Å². The quantitative estimate of drug-likeness (QED) is 0.332. The molecule has 0 bridgehead atoms. The van der Waals surface area contributed by atoms with Crippen molar-refractivity contribution in [3.05, 3.63) is 119 Å². The first-order valence-corrected chi connectivity index (χ1v) is 14.3. The third-order valence-corrected chi connectivity index (χ3v) is 7.88. The second-order valence-electron chi connectivity index (χ2n) is 11.0. The summed E-state index contributed by atoms with van der Waals surface area (Å²) in [4.78, 5) is 27.8. The standard InChI is InChI=1S/C34H34FN5O3/c1-24-21-39(23-36-24)30-16-13-26(19-31(30)42-3)18-28-10-7-17-40-32(28)37-43-34(40,20-25-11-14-29(35)15-12-25)22-38(2)33(41)27-8-5-4-6-9-27/h4-6,8-9,11,13-16,18-21,23H,7,10,12,17,22H2,1-3H3. The Hall–Kier alpha value is -4.92. The van der Waals surface area contributed by atoms with Gasteiger partial charge in [0.15, 0.2) is 5.84 Å². The lowest BCUT2D eigenvalue weighted by Crippen LogP contribution is -2.56. The minimum atomic E-state index is -1.05. The van der Waals surface area contributed by atoms with Gasteiger partial charge in [-0.1, -0.05) is 35.5 Å². The number of allylic oxidation sites excluding steroid dienone is 5. The van der Waals surface area contributed by atoms with Crippen LogP contribution in [0.15, 0.2) is 107 Å². The SMILES string of the molecule is COc1cc(C=C2CCCN3C2=NOC3(C=C2C=CC(F)=CC2)CN(C)C(=O)c2ccccc2)ccc1-n1cnc(C)c1. The molecular weight excluding hydrogens is 545 g/mol. The maximum absolute atomic E-state index is 13.8. The number of oxime groups is 1. The highest BCUT2D eigenvalue weighted by Crippen LogP contribution is 2.37. The Balaban J connectivity index is 1.32. The van der Waals surface area contributed by atoms with Gasteiger partial charge in [-0.2, -0.15) is 0 Å². The average Bonchev–Trinajstić information content (AvgIpc) is 3.62. The first-order chi connectivity index (χ1) is 20.8. The van der Waals surface area contributed by atoms with Crippen LogP contribution in [-0.4, -0.2) is 64.1 Å². The van der Waals surface area contributed by atoms with Crippen LogP contribution in [0.2, 0.25) is 0 Å². The van der Waals surface area contributed by atoms with Gasteiger partial charge in [0.05, 0.1) is 31.4 Å². The van der Waals surface area contributed by atoms with Gasteiger partial charge < -0.3 is 23.9 Å². The lowest BCUT2D eigenvalue weighted by Gasteiger charge is -2.40. The van der Waals surface area contributed by atoms with Gasteiger partial charge in [0.2, 0.25) is 5.72 Å². The van der Waals surface area contributed by atoms with Crippen LogP contribution in [-0.2, 0) is 4.84 Å². The number of hydrogen-bond acceptors (Lipinski definition) is 6. The Bertz CT molecular complexity index is 1690. The molecule has 3 aromatic rings. The van der Waals surface area contributed by atoms with Gasteiger partial charge in [0, 0.05) is 25.4 Å². The molecule has 0 saturated carbocycles. The molecule has 1 aromatic heterocycles. The maximum Gasteiger partial charge on any atom is 0.253 e. The number of carbonyl (C=O) groups is 1. The molecule has 1 unspecified atom stereocenters. The summed E-state index contributed by atoms with van der Waals surface area (Å²) in [5.41, 5.74) is 4.27. The number of methoxy groups -OCH3 is 1. The van der Waals surface area contributed by atoms with E-state index < -0.39 is 5.72 Å². The highest BCUT2D eigenvalue weighted by molar-refractivity contribution is 6.03. The zero-order valence-electron chi connectivity index (χ0n) is 24.5. The van der Waals surface area contributed by atoms with Crippen molar-refractivity contribution in [3.63, 3.8) is 0 Å². The topological polar surface area (TPSA) is 72.2 Å². The number of aromatic nitrogens is 2. The van der Waals surface area contributed by atoms with Gasteiger partial charge in [0.1, 0.15) is 11.6 Å².